The van der Waals surface area contributed by atoms with Gasteiger partial charge < -0.3 is 14.9 Å². The van der Waals surface area contributed by atoms with Gasteiger partial charge in [0.15, 0.2) is 5.69 Å². The van der Waals surface area contributed by atoms with Gasteiger partial charge in [-0.05, 0) is 24.3 Å². The first-order valence-electron chi connectivity index (χ1n) is 7.03. The van der Waals surface area contributed by atoms with Crippen LogP contribution in [0.5, 0.6) is 5.75 Å². The van der Waals surface area contributed by atoms with E-state index in [0.29, 0.717) is 5.02 Å². The van der Waals surface area contributed by atoms with Crippen molar-refractivity contribution in [1.29, 1.82) is 5.26 Å². The van der Waals surface area contributed by atoms with E-state index in [4.69, 9.17) is 16.9 Å². The van der Waals surface area contributed by atoms with Crippen molar-refractivity contribution in [3.8, 4) is 11.8 Å². The Labute approximate surface area is 134 Å². The Morgan fingerprint density at radius 2 is 1.82 bits per heavy atom. The van der Waals surface area contributed by atoms with Crippen LogP contribution in [-0.2, 0) is 0 Å². The molecule has 3 rings (SSSR count). The van der Waals surface area contributed by atoms with Crippen LogP contribution in [0.4, 0.5) is 11.5 Å². The molecule has 0 aliphatic carbocycles. The van der Waals surface area contributed by atoms with Crippen LogP contribution in [0, 0.1) is 11.3 Å². The summed E-state index contributed by atoms with van der Waals surface area (Å²) in [6.45, 7) is 3.26. The number of hydrogen-bond donors (Lipinski definition) is 1. The molecule has 1 N–H and O–H groups in total. The van der Waals surface area contributed by atoms with Crippen molar-refractivity contribution in [3.63, 3.8) is 0 Å². The van der Waals surface area contributed by atoms with E-state index in [2.05, 4.69) is 14.8 Å². The Morgan fingerprint density at radius 1 is 1.09 bits per heavy atom. The molecule has 1 saturated heterocycles. The minimum absolute atomic E-state index is 0.259. The van der Waals surface area contributed by atoms with Gasteiger partial charge in [0.25, 0.3) is 0 Å². The largest absolute Gasteiger partial charge is 0.508 e. The van der Waals surface area contributed by atoms with Crippen LogP contribution in [0.25, 0.3) is 0 Å². The van der Waals surface area contributed by atoms with Crippen LogP contribution in [0.2, 0.25) is 5.02 Å². The second-order valence-electron chi connectivity index (χ2n) is 5.11. The monoisotopic (exact) mass is 314 g/mol. The van der Waals surface area contributed by atoms with Crippen LogP contribution in [0.15, 0.2) is 36.4 Å². The van der Waals surface area contributed by atoms with E-state index >= 15 is 0 Å². The lowest BCUT2D eigenvalue weighted by Crippen LogP contribution is -2.46. The molecule has 0 atom stereocenters. The van der Waals surface area contributed by atoms with Crippen molar-refractivity contribution >= 4 is 23.1 Å². The quantitative estimate of drug-likeness (QED) is 0.923. The molecule has 5 nitrogen and oxygen atoms in total. The SMILES string of the molecule is N#Cc1nc(N2CCN(c3cccc(O)c3)CC2)ccc1Cl. The molecule has 112 valence electrons. The van der Waals surface area contributed by atoms with E-state index in [-0.39, 0.29) is 11.4 Å². The molecule has 1 aromatic heterocycles. The number of nitriles is 1. The van der Waals surface area contributed by atoms with Crippen molar-refractivity contribution in [2.75, 3.05) is 36.0 Å². The van der Waals surface area contributed by atoms with E-state index in [1.54, 1.807) is 18.2 Å². The van der Waals surface area contributed by atoms with E-state index < -0.39 is 0 Å². The zero-order valence-electron chi connectivity index (χ0n) is 11.9. The highest BCUT2D eigenvalue weighted by atomic mass is 35.5. The fourth-order valence-electron chi connectivity index (χ4n) is 2.57. The lowest BCUT2D eigenvalue weighted by molar-refractivity contribution is 0.475. The van der Waals surface area contributed by atoms with E-state index in [9.17, 15) is 5.11 Å². The van der Waals surface area contributed by atoms with Gasteiger partial charge in [-0.25, -0.2) is 4.98 Å². The number of hydrogen-bond acceptors (Lipinski definition) is 5. The van der Waals surface area contributed by atoms with Gasteiger partial charge in [-0.3, -0.25) is 0 Å². The molecule has 6 heteroatoms. The molecule has 0 bridgehead atoms. The van der Waals surface area contributed by atoms with Gasteiger partial charge in [-0.1, -0.05) is 17.7 Å². The standard InChI is InChI=1S/C16H15ClN4O/c17-14-4-5-16(19-15(14)11-18)21-8-6-20(7-9-21)12-2-1-3-13(22)10-12/h1-5,10,22H,6-9H2. The van der Waals surface area contributed by atoms with Crippen molar-refractivity contribution in [1.82, 2.24) is 4.98 Å². The predicted molar refractivity (Wildman–Crippen MR) is 86.5 cm³/mol. The van der Waals surface area contributed by atoms with Crippen molar-refractivity contribution in [2.24, 2.45) is 0 Å². The first kappa shape index (κ1) is 14.5. The molecule has 0 spiro atoms. The van der Waals surface area contributed by atoms with Gasteiger partial charge in [0.1, 0.15) is 17.6 Å². The fraction of sp³-hybridized carbons (Fsp3) is 0.250. The number of aromatic nitrogens is 1. The molecule has 0 amide bonds. The number of benzene rings is 1. The normalized spacial score (nSPS) is 14.7. The number of piperazine rings is 1. The highest BCUT2D eigenvalue weighted by Crippen LogP contribution is 2.24. The smallest absolute Gasteiger partial charge is 0.161 e. The van der Waals surface area contributed by atoms with Crippen molar-refractivity contribution < 1.29 is 5.11 Å². The first-order chi connectivity index (χ1) is 10.7. The van der Waals surface area contributed by atoms with Gasteiger partial charge in [-0.15, -0.1) is 0 Å². The number of nitrogens with zero attached hydrogens (tertiary/aromatic N) is 4. The lowest BCUT2D eigenvalue weighted by Gasteiger charge is -2.36. The summed E-state index contributed by atoms with van der Waals surface area (Å²) in [5.41, 5.74) is 1.27. The summed E-state index contributed by atoms with van der Waals surface area (Å²) < 4.78 is 0. The molecule has 22 heavy (non-hydrogen) atoms. The maximum Gasteiger partial charge on any atom is 0.161 e. The molecule has 1 aliphatic rings. The number of phenolic OH excluding ortho intramolecular Hbond substituents is 1. The summed E-state index contributed by atoms with van der Waals surface area (Å²) in [6.07, 6.45) is 0. The number of pyridine rings is 1. The summed E-state index contributed by atoms with van der Waals surface area (Å²) in [7, 11) is 0. The Kier molecular flexibility index (Phi) is 4.03. The average molecular weight is 315 g/mol. The van der Waals surface area contributed by atoms with E-state index in [1.807, 2.05) is 24.3 Å². The molecule has 1 fully saturated rings. The zero-order valence-corrected chi connectivity index (χ0v) is 12.7. The highest BCUT2D eigenvalue weighted by Gasteiger charge is 2.19. The van der Waals surface area contributed by atoms with Gasteiger partial charge in [0, 0.05) is 37.9 Å². The second-order valence-corrected chi connectivity index (χ2v) is 5.51. The fourth-order valence-corrected chi connectivity index (χ4v) is 2.72. The van der Waals surface area contributed by atoms with Crippen LogP contribution < -0.4 is 9.80 Å². The first-order valence-corrected chi connectivity index (χ1v) is 7.41. The summed E-state index contributed by atoms with van der Waals surface area (Å²) in [5, 5.41) is 19.0. The van der Waals surface area contributed by atoms with Crippen LogP contribution in [0.1, 0.15) is 5.69 Å². The Hall–Kier alpha value is -2.45. The van der Waals surface area contributed by atoms with E-state index in [1.165, 1.54) is 0 Å². The Morgan fingerprint density at radius 3 is 2.50 bits per heavy atom. The molecule has 0 saturated carbocycles. The number of anilines is 2. The van der Waals surface area contributed by atoms with Gasteiger partial charge in [0.05, 0.1) is 5.02 Å². The average Bonchev–Trinajstić information content (AvgIpc) is 2.55. The molecular weight excluding hydrogens is 300 g/mol. The maximum atomic E-state index is 9.57. The van der Waals surface area contributed by atoms with Gasteiger partial charge >= 0.3 is 0 Å². The highest BCUT2D eigenvalue weighted by molar-refractivity contribution is 6.31. The summed E-state index contributed by atoms with van der Waals surface area (Å²) in [5.74, 6) is 1.05. The second kappa shape index (κ2) is 6.12. The van der Waals surface area contributed by atoms with E-state index in [0.717, 1.165) is 37.7 Å². The Balaban J connectivity index is 1.71. The summed E-state index contributed by atoms with van der Waals surface area (Å²) in [4.78, 5) is 8.66. The zero-order chi connectivity index (χ0) is 15.5. The van der Waals surface area contributed by atoms with Crippen LogP contribution in [-0.4, -0.2) is 36.3 Å². The summed E-state index contributed by atoms with van der Waals surface area (Å²) in [6, 6.07) is 12.8. The summed E-state index contributed by atoms with van der Waals surface area (Å²) >= 11 is 5.92. The number of aromatic hydroxyl groups is 1. The molecule has 1 aromatic carbocycles. The molecule has 0 unspecified atom stereocenters. The Bertz CT molecular complexity index is 720. The number of phenols is 1. The molecule has 1 aliphatic heterocycles. The third-order valence-corrected chi connectivity index (χ3v) is 4.04. The minimum atomic E-state index is 0.259. The van der Waals surface area contributed by atoms with Gasteiger partial charge in [-0.2, -0.15) is 5.26 Å². The third kappa shape index (κ3) is 2.92. The van der Waals surface area contributed by atoms with Crippen LogP contribution >= 0.6 is 11.6 Å². The van der Waals surface area contributed by atoms with Crippen molar-refractivity contribution in [2.45, 2.75) is 0 Å². The molecular formula is C16H15ClN4O. The maximum absolute atomic E-state index is 9.57. The molecule has 2 aromatic rings. The third-order valence-electron chi connectivity index (χ3n) is 3.74. The number of rotatable bonds is 2. The lowest BCUT2D eigenvalue weighted by atomic mass is 10.2. The molecule has 2 heterocycles. The minimum Gasteiger partial charge on any atom is -0.508 e. The number of halogens is 1. The van der Waals surface area contributed by atoms with Gasteiger partial charge in [0.2, 0.25) is 0 Å². The molecule has 0 radical (unpaired) electrons. The topological polar surface area (TPSA) is 63.4 Å². The van der Waals surface area contributed by atoms with Crippen LogP contribution in [0.3, 0.4) is 0 Å². The predicted octanol–water partition coefficient (Wildman–Crippen LogP) is 2.64. The van der Waals surface area contributed by atoms with Crippen molar-refractivity contribution in [3.05, 3.63) is 47.1 Å².